The number of rotatable bonds is 6. The van der Waals surface area contributed by atoms with Gasteiger partial charge in [0.2, 0.25) is 10.0 Å². The summed E-state index contributed by atoms with van der Waals surface area (Å²) in [5.41, 5.74) is 1.64. The molecule has 5 nitrogen and oxygen atoms in total. The molecule has 0 unspecified atom stereocenters. The van der Waals surface area contributed by atoms with Crippen LogP contribution in [0.1, 0.15) is 29.3 Å². The van der Waals surface area contributed by atoms with E-state index in [2.05, 4.69) is 10.0 Å². The quantitative estimate of drug-likeness (QED) is 0.616. The van der Waals surface area contributed by atoms with Gasteiger partial charge in [-0.3, -0.25) is 9.52 Å². The molecule has 2 aromatic carbocycles. The number of hydrogen-bond donors (Lipinski definition) is 2. The molecule has 2 rings (SSSR count). The van der Waals surface area contributed by atoms with E-state index in [1.807, 2.05) is 22.6 Å². The maximum atomic E-state index is 13.6. The SMILES string of the molecule is CCCS(=O)(=O)Nc1cccc(NC(=O)c2ccc(I)c(F)c2)c1C. The lowest BCUT2D eigenvalue weighted by Crippen LogP contribution is -2.18. The first-order chi connectivity index (χ1) is 11.7. The van der Waals surface area contributed by atoms with Gasteiger partial charge >= 0.3 is 0 Å². The molecule has 0 aliphatic rings. The number of carbonyl (C=O) groups is 1. The molecule has 2 aromatic rings. The number of halogens is 2. The van der Waals surface area contributed by atoms with E-state index in [4.69, 9.17) is 0 Å². The number of sulfonamides is 1. The highest BCUT2D eigenvalue weighted by Gasteiger charge is 2.14. The fourth-order valence-electron chi connectivity index (χ4n) is 2.20. The zero-order valence-corrected chi connectivity index (χ0v) is 16.7. The summed E-state index contributed by atoms with van der Waals surface area (Å²) in [4.78, 5) is 12.3. The first-order valence-corrected chi connectivity index (χ1v) is 10.3. The van der Waals surface area contributed by atoms with Crippen molar-refractivity contribution in [3.05, 3.63) is 56.9 Å². The minimum Gasteiger partial charge on any atom is -0.322 e. The molecule has 0 heterocycles. The maximum Gasteiger partial charge on any atom is 0.255 e. The smallest absolute Gasteiger partial charge is 0.255 e. The van der Waals surface area contributed by atoms with Gasteiger partial charge in [0.25, 0.3) is 5.91 Å². The molecule has 2 N–H and O–H groups in total. The van der Waals surface area contributed by atoms with Crippen LogP contribution >= 0.6 is 22.6 Å². The Morgan fingerprint density at radius 1 is 1.20 bits per heavy atom. The van der Waals surface area contributed by atoms with Gasteiger partial charge in [-0.1, -0.05) is 13.0 Å². The fourth-order valence-corrected chi connectivity index (χ4v) is 3.73. The first-order valence-electron chi connectivity index (χ1n) is 7.60. The van der Waals surface area contributed by atoms with E-state index >= 15 is 0 Å². The Morgan fingerprint density at radius 3 is 2.52 bits per heavy atom. The van der Waals surface area contributed by atoms with Crippen LogP contribution in [0.25, 0.3) is 0 Å². The van der Waals surface area contributed by atoms with Gasteiger partial charge in [0.1, 0.15) is 5.82 Å². The summed E-state index contributed by atoms with van der Waals surface area (Å²) in [6, 6.07) is 9.15. The highest BCUT2D eigenvalue weighted by atomic mass is 127. The summed E-state index contributed by atoms with van der Waals surface area (Å²) in [6.45, 7) is 3.48. The van der Waals surface area contributed by atoms with Crippen molar-refractivity contribution in [2.75, 3.05) is 15.8 Å². The Balaban J connectivity index is 2.24. The van der Waals surface area contributed by atoms with E-state index in [1.54, 1.807) is 32.0 Å². The summed E-state index contributed by atoms with van der Waals surface area (Å²) >= 11 is 1.84. The van der Waals surface area contributed by atoms with Crippen molar-refractivity contribution in [1.29, 1.82) is 0 Å². The zero-order valence-electron chi connectivity index (χ0n) is 13.8. The molecule has 0 radical (unpaired) electrons. The second kappa shape index (κ2) is 8.13. The molecule has 0 saturated carbocycles. The van der Waals surface area contributed by atoms with E-state index < -0.39 is 21.7 Å². The molecular formula is C17H18FIN2O3S. The molecule has 25 heavy (non-hydrogen) atoms. The molecule has 0 aromatic heterocycles. The van der Waals surface area contributed by atoms with Crippen LogP contribution in [-0.2, 0) is 10.0 Å². The fraction of sp³-hybridized carbons (Fsp3) is 0.235. The van der Waals surface area contributed by atoms with Crippen LogP contribution in [-0.4, -0.2) is 20.1 Å². The van der Waals surface area contributed by atoms with Gasteiger partial charge < -0.3 is 5.32 Å². The summed E-state index contributed by atoms with van der Waals surface area (Å²) < 4.78 is 40.4. The predicted octanol–water partition coefficient (Wildman–Crippen LogP) is 4.14. The van der Waals surface area contributed by atoms with E-state index in [1.165, 1.54) is 18.2 Å². The molecule has 134 valence electrons. The second-order valence-electron chi connectivity index (χ2n) is 5.48. The monoisotopic (exact) mass is 476 g/mol. The topological polar surface area (TPSA) is 75.3 Å². The van der Waals surface area contributed by atoms with E-state index in [0.29, 0.717) is 26.9 Å². The molecule has 0 aliphatic carbocycles. The van der Waals surface area contributed by atoms with Crippen LogP contribution in [0.3, 0.4) is 0 Å². The van der Waals surface area contributed by atoms with Crippen LogP contribution in [0.5, 0.6) is 0 Å². The molecule has 1 amide bonds. The third-order valence-corrected chi connectivity index (χ3v) is 5.85. The van der Waals surface area contributed by atoms with Gasteiger partial charge in [0.05, 0.1) is 11.4 Å². The van der Waals surface area contributed by atoms with Crippen molar-refractivity contribution >= 4 is 49.9 Å². The van der Waals surface area contributed by atoms with Gasteiger partial charge in [-0.2, -0.15) is 0 Å². The summed E-state index contributed by atoms with van der Waals surface area (Å²) in [6.07, 6.45) is 0.503. The third-order valence-electron chi connectivity index (χ3n) is 3.50. The molecule has 8 heteroatoms. The Bertz CT molecular complexity index is 901. The highest BCUT2D eigenvalue weighted by molar-refractivity contribution is 14.1. The molecule has 0 bridgehead atoms. The number of nitrogens with one attached hydrogen (secondary N) is 2. The third kappa shape index (κ3) is 5.15. The predicted molar refractivity (Wildman–Crippen MR) is 106 cm³/mol. The lowest BCUT2D eigenvalue weighted by Gasteiger charge is -2.14. The largest absolute Gasteiger partial charge is 0.322 e. The van der Waals surface area contributed by atoms with Crippen LogP contribution < -0.4 is 10.0 Å². The average Bonchev–Trinajstić information content (AvgIpc) is 2.53. The molecule has 0 saturated heterocycles. The van der Waals surface area contributed by atoms with Crippen molar-refractivity contribution in [3.63, 3.8) is 0 Å². The Labute approximate surface area is 160 Å². The van der Waals surface area contributed by atoms with Gasteiger partial charge in [-0.05, 0) is 71.8 Å². The highest BCUT2D eigenvalue weighted by Crippen LogP contribution is 2.25. The van der Waals surface area contributed by atoms with E-state index in [9.17, 15) is 17.6 Å². The van der Waals surface area contributed by atoms with Crippen molar-refractivity contribution in [2.24, 2.45) is 0 Å². The van der Waals surface area contributed by atoms with Gasteiger partial charge in [-0.25, -0.2) is 12.8 Å². The Morgan fingerprint density at radius 2 is 1.88 bits per heavy atom. The number of amides is 1. The summed E-state index contributed by atoms with van der Waals surface area (Å²) in [5, 5.41) is 2.69. The van der Waals surface area contributed by atoms with Crippen LogP contribution in [0.4, 0.5) is 15.8 Å². The van der Waals surface area contributed by atoms with Gasteiger partial charge in [-0.15, -0.1) is 0 Å². The molecule has 0 atom stereocenters. The minimum absolute atomic E-state index is 0.0188. The molecule has 0 spiro atoms. The number of hydrogen-bond acceptors (Lipinski definition) is 3. The van der Waals surface area contributed by atoms with Crippen LogP contribution in [0, 0.1) is 16.3 Å². The van der Waals surface area contributed by atoms with Crippen molar-refractivity contribution in [3.8, 4) is 0 Å². The number of carbonyl (C=O) groups excluding carboxylic acids is 1. The lowest BCUT2D eigenvalue weighted by molar-refractivity contribution is 0.102. The zero-order chi connectivity index (χ0) is 18.6. The second-order valence-corrected chi connectivity index (χ2v) is 8.49. The van der Waals surface area contributed by atoms with Gasteiger partial charge in [0.15, 0.2) is 0 Å². The minimum atomic E-state index is -3.43. The van der Waals surface area contributed by atoms with Crippen molar-refractivity contribution < 1.29 is 17.6 Å². The van der Waals surface area contributed by atoms with Crippen LogP contribution in [0.15, 0.2) is 36.4 Å². The van der Waals surface area contributed by atoms with Crippen molar-refractivity contribution in [2.45, 2.75) is 20.3 Å². The summed E-state index contributed by atoms with van der Waals surface area (Å²) in [7, 11) is -3.43. The molecular weight excluding hydrogens is 458 g/mol. The van der Waals surface area contributed by atoms with Crippen LogP contribution in [0.2, 0.25) is 0 Å². The Hall–Kier alpha value is -1.68. The number of benzene rings is 2. The number of anilines is 2. The van der Waals surface area contributed by atoms with E-state index in [-0.39, 0.29) is 11.3 Å². The normalized spacial score (nSPS) is 11.2. The van der Waals surface area contributed by atoms with Gasteiger partial charge in [0, 0.05) is 14.8 Å². The summed E-state index contributed by atoms with van der Waals surface area (Å²) in [5.74, 6) is -0.914. The van der Waals surface area contributed by atoms with E-state index in [0.717, 1.165) is 0 Å². The van der Waals surface area contributed by atoms with Crippen molar-refractivity contribution in [1.82, 2.24) is 0 Å². The maximum absolute atomic E-state index is 13.6. The molecule has 0 aliphatic heterocycles. The Kier molecular flexibility index (Phi) is 6.39. The molecule has 0 fully saturated rings. The average molecular weight is 476 g/mol. The lowest BCUT2D eigenvalue weighted by atomic mass is 10.1. The standard InChI is InChI=1S/C17H18FIN2O3S/c1-3-9-25(23,24)21-16-6-4-5-15(11(16)2)20-17(22)12-7-8-14(19)13(18)10-12/h4-8,10,21H,3,9H2,1-2H3,(H,20,22). The first kappa shape index (κ1) is 19.6.